The van der Waals surface area contributed by atoms with E-state index in [2.05, 4.69) is 25.6 Å². The van der Waals surface area contributed by atoms with Crippen molar-refractivity contribution in [3.63, 3.8) is 0 Å². The number of nitrogens with zero attached hydrogens (tertiary/aromatic N) is 4. The monoisotopic (exact) mass is 405 g/mol. The van der Waals surface area contributed by atoms with Gasteiger partial charge in [0.15, 0.2) is 17.3 Å². The molecule has 3 rings (SSSR count). The summed E-state index contributed by atoms with van der Waals surface area (Å²) in [5.74, 6) is 0.411. The SMILES string of the molecule is COc1cc(C(=O)Nc2ccc(OC)c(-n3nnnc3C)c2)ccc1OC(F)F. The van der Waals surface area contributed by atoms with Gasteiger partial charge in [0.05, 0.1) is 14.2 Å². The molecule has 1 heterocycles. The molecule has 29 heavy (non-hydrogen) atoms. The Balaban J connectivity index is 1.87. The number of nitrogens with one attached hydrogen (secondary N) is 1. The molecular weight excluding hydrogens is 388 g/mol. The van der Waals surface area contributed by atoms with Crippen LogP contribution < -0.4 is 19.5 Å². The zero-order valence-electron chi connectivity index (χ0n) is 15.7. The van der Waals surface area contributed by atoms with Crippen LogP contribution in [0, 0.1) is 6.92 Å². The van der Waals surface area contributed by atoms with Crippen LogP contribution in [0.2, 0.25) is 0 Å². The van der Waals surface area contributed by atoms with Crippen molar-refractivity contribution in [1.82, 2.24) is 20.2 Å². The van der Waals surface area contributed by atoms with Gasteiger partial charge in [-0.3, -0.25) is 4.79 Å². The third-order valence-corrected chi connectivity index (χ3v) is 3.93. The molecular formula is C18H17F2N5O4. The summed E-state index contributed by atoms with van der Waals surface area (Å²) < 4.78 is 41.1. The molecule has 3 aromatic rings. The fourth-order valence-corrected chi connectivity index (χ4v) is 2.59. The molecule has 0 saturated carbocycles. The molecule has 0 aliphatic heterocycles. The van der Waals surface area contributed by atoms with Crippen LogP contribution >= 0.6 is 0 Å². The molecule has 152 valence electrons. The Labute approximate surface area is 164 Å². The molecule has 0 bridgehead atoms. The number of rotatable bonds is 7. The van der Waals surface area contributed by atoms with Crippen molar-refractivity contribution in [2.45, 2.75) is 13.5 Å². The highest BCUT2D eigenvalue weighted by Crippen LogP contribution is 2.30. The first-order chi connectivity index (χ1) is 13.9. The highest BCUT2D eigenvalue weighted by atomic mass is 19.3. The number of aryl methyl sites for hydroxylation is 1. The maximum atomic E-state index is 12.6. The topological polar surface area (TPSA) is 100 Å². The normalized spacial score (nSPS) is 10.7. The van der Waals surface area contributed by atoms with E-state index in [4.69, 9.17) is 9.47 Å². The van der Waals surface area contributed by atoms with Crippen molar-refractivity contribution in [3.8, 4) is 22.9 Å². The van der Waals surface area contributed by atoms with E-state index in [1.54, 1.807) is 25.1 Å². The zero-order valence-corrected chi connectivity index (χ0v) is 15.7. The van der Waals surface area contributed by atoms with Crippen LogP contribution in [0.25, 0.3) is 5.69 Å². The number of ether oxygens (including phenoxy) is 3. The molecule has 0 atom stereocenters. The van der Waals surface area contributed by atoms with Crippen molar-refractivity contribution in [3.05, 3.63) is 47.8 Å². The van der Waals surface area contributed by atoms with E-state index >= 15 is 0 Å². The average molecular weight is 405 g/mol. The van der Waals surface area contributed by atoms with Crippen molar-refractivity contribution >= 4 is 11.6 Å². The van der Waals surface area contributed by atoms with Gasteiger partial charge in [-0.2, -0.15) is 13.5 Å². The number of hydrogen-bond donors (Lipinski definition) is 1. The lowest BCUT2D eigenvalue weighted by atomic mass is 10.1. The first kappa shape index (κ1) is 20.0. The smallest absolute Gasteiger partial charge is 0.387 e. The average Bonchev–Trinajstić information content (AvgIpc) is 3.13. The predicted molar refractivity (Wildman–Crippen MR) is 98.0 cm³/mol. The molecule has 0 saturated heterocycles. The Morgan fingerprint density at radius 1 is 1.07 bits per heavy atom. The van der Waals surface area contributed by atoms with Gasteiger partial charge in [0.25, 0.3) is 5.91 Å². The van der Waals surface area contributed by atoms with E-state index in [0.717, 1.165) is 0 Å². The number of carbonyl (C=O) groups excluding carboxylic acids is 1. The van der Waals surface area contributed by atoms with Crippen molar-refractivity contribution in [1.29, 1.82) is 0 Å². The number of anilines is 1. The number of carbonyl (C=O) groups is 1. The van der Waals surface area contributed by atoms with Gasteiger partial charge >= 0.3 is 6.61 Å². The number of halogens is 2. The van der Waals surface area contributed by atoms with Gasteiger partial charge in [-0.15, -0.1) is 5.10 Å². The Hall–Kier alpha value is -3.76. The van der Waals surface area contributed by atoms with Crippen LogP contribution in [0.1, 0.15) is 16.2 Å². The van der Waals surface area contributed by atoms with Gasteiger partial charge in [0.1, 0.15) is 11.4 Å². The van der Waals surface area contributed by atoms with Gasteiger partial charge < -0.3 is 19.5 Å². The Kier molecular flexibility index (Phi) is 5.86. The third kappa shape index (κ3) is 4.39. The molecule has 0 fully saturated rings. The maximum Gasteiger partial charge on any atom is 0.387 e. The standard InChI is InChI=1S/C18H17F2N5O4/c1-10-22-23-24-25(10)13-9-12(5-7-14(13)27-2)21-17(26)11-4-6-15(29-18(19)20)16(8-11)28-3/h4-9,18H,1-3H3,(H,21,26). The molecule has 9 nitrogen and oxygen atoms in total. The van der Waals surface area contributed by atoms with Gasteiger partial charge in [-0.25, -0.2) is 0 Å². The van der Waals surface area contributed by atoms with Gasteiger partial charge in [-0.1, -0.05) is 0 Å². The lowest BCUT2D eigenvalue weighted by Crippen LogP contribution is -2.13. The van der Waals surface area contributed by atoms with Gasteiger partial charge in [0, 0.05) is 11.3 Å². The second kappa shape index (κ2) is 8.50. The van der Waals surface area contributed by atoms with Crippen LogP contribution in [-0.2, 0) is 0 Å². The van der Waals surface area contributed by atoms with E-state index in [9.17, 15) is 13.6 Å². The van der Waals surface area contributed by atoms with Crippen molar-refractivity contribution in [2.24, 2.45) is 0 Å². The summed E-state index contributed by atoms with van der Waals surface area (Å²) in [5.41, 5.74) is 1.18. The van der Waals surface area contributed by atoms with E-state index < -0.39 is 12.5 Å². The molecule has 0 aliphatic carbocycles. The number of aromatic nitrogens is 4. The second-order valence-corrected chi connectivity index (χ2v) is 5.72. The van der Waals surface area contributed by atoms with Crippen LogP contribution in [0.3, 0.4) is 0 Å². The Morgan fingerprint density at radius 2 is 1.79 bits per heavy atom. The van der Waals surface area contributed by atoms with Gasteiger partial charge in [-0.05, 0) is 53.7 Å². The molecule has 1 amide bonds. The second-order valence-electron chi connectivity index (χ2n) is 5.72. The largest absolute Gasteiger partial charge is 0.494 e. The number of amides is 1. The molecule has 0 unspecified atom stereocenters. The molecule has 0 aliphatic rings. The van der Waals surface area contributed by atoms with Gasteiger partial charge in [0.2, 0.25) is 0 Å². The minimum absolute atomic E-state index is 0.0117. The number of alkyl halides is 2. The van der Waals surface area contributed by atoms with Crippen LogP contribution in [0.4, 0.5) is 14.5 Å². The lowest BCUT2D eigenvalue weighted by molar-refractivity contribution is -0.0512. The zero-order chi connectivity index (χ0) is 21.0. The minimum atomic E-state index is -3.00. The number of methoxy groups -OCH3 is 2. The molecule has 11 heteroatoms. The Morgan fingerprint density at radius 3 is 2.41 bits per heavy atom. The Bertz CT molecular complexity index is 1030. The van der Waals surface area contributed by atoms with E-state index in [0.29, 0.717) is 22.9 Å². The molecule has 1 N–H and O–H groups in total. The summed E-state index contributed by atoms with van der Waals surface area (Å²) in [4.78, 5) is 12.6. The molecule has 1 aromatic heterocycles. The van der Waals surface area contributed by atoms with Crippen molar-refractivity contribution < 1.29 is 27.8 Å². The molecule has 0 spiro atoms. The number of tetrazole rings is 1. The van der Waals surface area contributed by atoms with Crippen LogP contribution in [0.5, 0.6) is 17.2 Å². The van der Waals surface area contributed by atoms with E-state index in [1.807, 2.05) is 0 Å². The summed E-state index contributed by atoms with van der Waals surface area (Å²) in [5, 5.41) is 14.1. The highest BCUT2D eigenvalue weighted by molar-refractivity contribution is 6.04. The fourth-order valence-electron chi connectivity index (χ4n) is 2.59. The molecule has 0 radical (unpaired) electrons. The van der Waals surface area contributed by atoms with E-state index in [1.165, 1.54) is 37.1 Å². The van der Waals surface area contributed by atoms with Crippen molar-refractivity contribution in [2.75, 3.05) is 19.5 Å². The van der Waals surface area contributed by atoms with Crippen LogP contribution in [0.15, 0.2) is 36.4 Å². The summed E-state index contributed by atoms with van der Waals surface area (Å²) in [7, 11) is 2.80. The molecule has 2 aromatic carbocycles. The highest BCUT2D eigenvalue weighted by Gasteiger charge is 2.16. The number of benzene rings is 2. The predicted octanol–water partition coefficient (Wildman–Crippen LogP) is 2.84. The first-order valence-corrected chi connectivity index (χ1v) is 8.30. The summed E-state index contributed by atoms with van der Waals surface area (Å²) >= 11 is 0. The maximum absolute atomic E-state index is 12.6. The minimum Gasteiger partial charge on any atom is -0.494 e. The van der Waals surface area contributed by atoms with E-state index in [-0.39, 0.29) is 17.1 Å². The number of hydrogen-bond acceptors (Lipinski definition) is 7. The third-order valence-electron chi connectivity index (χ3n) is 3.93. The quantitative estimate of drug-likeness (QED) is 0.645. The fraction of sp³-hybridized carbons (Fsp3) is 0.222. The summed E-state index contributed by atoms with van der Waals surface area (Å²) in [6.45, 7) is -1.28. The lowest BCUT2D eigenvalue weighted by Gasteiger charge is -2.13. The van der Waals surface area contributed by atoms with Crippen LogP contribution in [-0.4, -0.2) is 46.9 Å². The summed E-state index contributed by atoms with van der Waals surface area (Å²) in [6, 6.07) is 8.85. The first-order valence-electron chi connectivity index (χ1n) is 8.30. The summed E-state index contributed by atoms with van der Waals surface area (Å²) in [6.07, 6.45) is 0.